The van der Waals surface area contributed by atoms with Crippen molar-refractivity contribution in [2.75, 3.05) is 18.1 Å². The Morgan fingerprint density at radius 3 is 1.54 bits per heavy atom. The van der Waals surface area contributed by atoms with E-state index >= 15 is 0 Å². The topological polar surface area (TPSA) is 292 Å². The number of nitrogens with one attached hydrogen (secondary N) is 7. The summed E-state index contributed by atoms with van der Waals surface area (Å²) in [5, 5.41) is 25.8. The molecule has 0 radical (unpaired) electrons. The van der Waals surface area contributed by atoms with Gasteiger partial charge in [-0.15, -0.1) is 0 Å². The number of H-pyrrole nitrogens is 2. The summed E-state index contributed by atoms with van der Waals surface area (Å²) in [6.45, 7) is 5.77. The van der Waals surface area contributed by atoms with Crippen molar-refractivity contribution < 1.29 is 33.9 Å². The summed E-state index contributed by atoms with van der Waals surface area (Å²) in [5.74, 6) is -3.85. The van der Waals surface area contributed by atoms with Crippen molar-refractivity contribution >= 4 is 78.8 Å². The molecule has 336 valence electrons. The van der Waals surface area contributed by atoms with E-state index in [2.05, 4.69) is 36.6 Å². The molecule has 5 aromatic rings. The number of carbonyl (C=O) groups excluding carboxylic acids is 6. The molecular weight excluding hydrogens is 845 g/mol. The minimum absolute atomic E-state index is 0.0261. The van der Waals surface area contributed by atoms with Crippen LogP contribution in [0.15, 0.2) is 85.2 Å². The third-order valence-electron chi connectivity index (χ3n) is 10.5. The van der Waals surface area contributed by atoms with Crippen LogP contribution in [0.2, 0.25) is 0 Å². The largest absolute Gasteiger partial charge is 0.508 e. The van der Waals surface area contributed by atoms with Crippen LogP contribution in [0.25, 0.3) is 21.8 Å². The number of aromatic hydroxyl groups is 1. The molecule has 63 heavy (non-hydrogen) atoms. The molecule has 6 atom stereocenters. The molecule has 0 spiro atoms. The van der Waals surface area contributed by atoms with Gasteiger partial charge in [0, 0.05) is 65.0 Å². The molecule has 5 rings (SSSR count). The number of carbonyl (C=O) groups is 6. The molecule has 0 fully saturated rings. The number of hydrogen-bond donors (Lipinski definition) is 11. The highest BCUT2D eigenvalue weighted by atomic mass is 33.1. The maximum atomic E-state index is 13.9. The van der Waals surface area contributed by atoms with Crippen LogP contribution in [0.4, 0.5) is 0 Å². The normalized spacial score (nSPS) is 14.3. The molecule has 3 aromatic carbocycles. The van der Waals surface area contributed by atoms with Crippen molar-refractivity contribution in [3.63, 3.8) is 0 Å². The number of amides is 6. The molecule has 17 nitrogen and oxygen atoms in total. The number of fused-ring (bicyclic) bond motifs is 2. The molecule has 6 amide bonds. The standard InChI is InChI=1S/C44H56N10O7S2/c1-4-48-36(22-62-63-23-37(54-44(61)38(45)24(2)3)43(60)52-34(40(47)57)19-27-21-50-32-12-8-6-10-30(27)32)42(59)53-35(17-25-13-15-28(55)16-14-25)41(58)51-33(39(46)56)18-26-20-49-31-11-7-5-9-29(26)31/h5-16,20-21,24,33-38,48-50,55H,4,17-19,22-23,45H2,1-3H3,(H2,46,56)(H2,47,57)(H,51,58)(H,52,60)(H,53,59)(H,54,61)/t33-,34?,35?,36+,37+,38+/m1/s1. The van der Waals surface area contributed by atoms with Gasteiger partial charge in [-0.2, -0.15) is 0 Å². The zero-order valence-electron chi connectivity index (χ0n) is 35.3. The Bertz CT molecular complexity index is 2370. The number of para-hydroxylation sites is 2. The van der Waals surface area contributed by atoms with E-state index in [9.17, 15) is 33.9 Å². The zero-order valence-corrected chi connectivity index (χ0v) is 36.9. The first-order valence-corrected chi connectivity index (χ1v) is 23.0. The average molecular weight is 901 g/mol. The highest BCUT2D eigenvalue weighted by molar-refractivity contribution is 8.76. The van der Waals surface area contributed by atoms with E-state index < -0.39 is 71.7 Å². The van der Waals surface area contributed by atoms with Crippen LogP contribution in [0.1, 0.15) is 37.5 Å². The molecular formula is C44H56N10O7S2. The first-order chi connectivity index (χ1) is 30.1. The Hall–Kier alpha value is -6.02. The van der Waals surface area contributed by atoms with Gasteiger partial charge in [0.25, 0.3) is 0 Å². The van der Waals surface area contributed by atoms with E-state index in [1.807, 2.05) is 55.5 Å². The summed E-state index contributed by atoms with van der Waals surface area (Å²) in [6, 6.07) is 15.0. The Morgan fingerprint density at radius 2 is 1.05 bits per heavy atom. The second-order valence-electron chi connectivity index (χ2n) is 15.5. The number of phenols is 1. The van der Waals surface area contributed by atoms with Crippen molar-refractivity contribution in [1.82, 2.24) is 36.6 Å². The van der Waals surface area contributed by atoms with E-state index in [0.717, 1.165) is 32.9 Å². The van der Waals surface area contributed by atoms with E-state index in [1.54, 1.807) is 38.4 Å². The number of rotatable bonds is 24. The molecule has 0 aliphatic rings. The summed E-state index contributed by atoms with van der Waals surface area (Å²) < 4.78 is 0. The second-order valence-corrected chi connectivity index (χ2v) is 18.0. The van der Waals surface area contributed by atoms with Crippen molar-refractivity contribution in [2.45, 2.75) is 76.3 Å². The highest BCUT2D eigenvalue weighted by Gasteiger charge is 2.31. The van der Waals surface area contributed by atoms with Gasteiger partial charge in [-0.05, 0) is 53.4 Å². The Balaban J connectivity index is 1.26. The maximum absolute atomic E-state index is 13.9. The van der Waals surface area contributed by atoms with Gasteiger partial charge in [0.2, 0.25) is 35.4 Å². The number of phenolic OH excluding ortho intramolecular Hbond substituents is 1. The number of nitrogens with two attached hydrogens (primary N) is 3. The Kier molecular flexibility index (Phi) is 17.4. The molecule has 0 aliphatic carbocycles. The molecule has 14 N–H and O–H groups in total. The van der Waals surface area contributed by atoms with Gasteiger partial charge in [-0.25, -0.2) is 0 Å². The number of aromatic amines is 2. The summed E-state index contributed by atoms with van der Waals surface area (Å²) in [7, 11) is 2.46. The fourth-order valence-electron chi connectivity index (χ4n) is 6.84. The van der Waals surface area contributed by atoms with Gasteiger partial charge in [0.1, 0.15) is 29.9 Å². The third kappa shape index (κ3) is 13.5. The van der Waals surface area contributed by atoms with Crippen molar-refractivity contribution in [2.24, 2.45) is 23.1 Å². The van der Waals surface area contributed by atoms with E-state index in [4.69, 9.17) is 17.2 Å². The van der Waals surface area contributed by atoms with E-state index in [1.165, 1.54) is 33.7 Å². The molecule has 0 saturated heterocycles. The second kappa shape index (κ2) is 22.9. The minimum atomic E-state index is -1.15. The Morgan fingerprint density at radius 1 is 0.603 bits per heavy atom. The van der Waals surface area contributed by atoms with Gasteiger partial charge >= 0.3 is 0 Å². The number of benzene rings is 3. The SMILES string of the molecule is CCN[C@@H](CSSC[C@H](NC(=O)[C@@H](N)C(C)C)C(=O)NC(Cc1c[nH]c2ccccc12)C(N)=O)C(=O)NC(Cc1ccc(O)cc1)C(=O)N[C@H](Cc1c[nH]c2ccccc12)C(N)=O. The van der Waals surface area contributed by atoms with E-state index in [0.29, 0.717) is 12.1 Å². The summed E-state index contributed by atoms with van der Waals surface area (Å²) in [6.07, 6.45) is 3.75. The van der Waals surface area contributed by atoms with Crippen molar-refractivity contribution in [1.29, 1.82) is 0 Å². The van der Waals surface area contributed by atoms with Gasteiger partial charge in [0.05, 0.1) is 12.1 Å². The fraction of sp³-hybridized carbons (Fsp3) is 0.364. The lowest BCUT2D eigenvalue weighted by Crippen LogP contribution is -2.57. The lowest BCUT2D eigenvalue weighted by atomic mass is 10.0. The van der Waals surface area contributed by atoms with Crippen LogP contribution < -0.4 is 43.8 Å². The minimum Gasteiger partial charge on any atom is -0.508 e. The molecule has 2 aromatic heterocycles. The number of likely N-dealkylation sites (N-methyl/N-ethyl adjacent to an activating group) is 1. The van der Waals surface area contributed by atoms with Crippen LogP contribution >= 0.6 is 21.6 Å². The lowest BCUT2D eigenvalue weighted by Gasteiger charge is -2.25. The number of aromatic nitrogens is 2. The molecule has 0 bridgehead atoms. The van der Waals surface area contributed by atoms with Gasteiger partial charge in [-0.1, -0.05) is 90.9 Å². The zero-order chi connectivity index (χ0) is 45.6. The maximum Gasteiger partial charge on any atom is 0.244 e. The molecule has 19 heteroatoms. The van der Waals surface area contributed by atoms with Crippen molar-refractivity contribution in [3.05, 3.63) is 102 Å². The summed E-state index contributed by atoms with van der Waals surface area (Å²) >= 11 is 0. The lowest BCUT2D eigenvalue weighted by molar-refractivity contribution is -0.131. The highest BCUT2D eigenvalue weighted by Crippen LogP contribution is 2.25. The van der Waals surface area contributed by atoms with E-state index in [-0.39, 0.29) is 42.4 Å². The van der Waals surface area contributed by atoms with Gasteiger partial charge < -0.3 is 58.9 Å². The van der Waals surface area contributed by atoms with Crippen LogP contribution in [0.5, 0.6) is 5.75 Å². The van der Waals surface area contributed by atoms with Crippen LogP contribution in [-0.4, -0.2) is 105 Å². The summed E-state index contributed by atoms with van der Waals surface area (Å²) in [5.41, 5.74) is 21.5. The first-order valence-electron chi connectivity index (χ1n) is 20.6. The average Bonchev–Trinajstić information content (AvgIpc) is 3.87. The van der Waals surface area contributed by atoms with Crippen LogP contribution in [0, 0.1) is 5.92 Å². The van der Waals surface area contributed by atoms with Crippen LogP contribution in [0.3, 0.4) is 0 Å². The predicted molar refractivity (Wildman–Crippen MR) is 247 cm³/mol. The predicted octanol–water partition coefficient (Wildman–Crippen LogP) is 1.64. The number of hydrogen-bond acceptors (Lipinski definition) is 11. The Labute approximate surface area is 373 Å². The number of primary amides is 2. The molecule has 2 unspecified atom stereocenters. The first kappa shape index (κ1) is 48.0. The third-order valence-corrected chi connectivity index (χ3v) is 12.9. The quantitative estimate of drug-likeness (QED) is 0.0313. The van der Waals surface area contributed by atoms with Crippen molar-refractivity contribution in [3.8, 4) is 5.75 Å². The van der Waals surface area contributed by atoms with Crippen LogP contribution in [-0.2, 0) is 48.0 Å². The molecule has 0 saturated carbocycles. The smallest absolute Gasteiger partial charge is 0.244 e. The van der Waals surface area contributed by atoms with Gasteiger partial charge in [-0.3, -0.25) is 28.8 Å². The van der Waals surface area contributed by atoms with Gasteiger partial charge in [0.15, 0.2) is 0 Å². The molecule has 2 heterocycles. The fourth-order valence-corrected chi connectivity index (χ4v) is 9.20. The summed E-state index contributed by atoms with van der Waals surface area (Å²) in [4.78, 5) is 86.3. The monoisotopic (exact) mass is 900 g/mol. The molecule has 0 aliphatic heterocycles.